The quantitative estimate of drug-likeness (QED) is 0.743. The summed E-state index contributed by atoms with van der Waals surface area (Å²) in [4.78, 5) is 4.00. The zero-order chi connectivity index (χ0) is 10.8. The van der Waals surface area contributed by atoms with Crippen LogP contribution in [0.2, 0.25) is 0 Å². The van der Waals surface area contributed by atoms with Gasteiger partial charge < -0.3 is 0 Å². The van der Waals surface area contributed by atoms with E-state index in [0.717, 1.165) is 22.5 Å². The molecule has 0 aromatic carbocycles. The Kier molecular flexibility index (Phi) is 2.37. The molecule has 0 saturated carbocycles. The van der Waals surface area contributed by atoms with Gasteiger partial charge in [-0.25, -0.2) is 0 Å². The summed E-state index contributed by atoms with van der Waals surface area (Å²) in [5.41, 5.74) is 4.25. The molecule has 0 fully saturated rings. The summed E-state index contributed by atoms with van der Waals surface area (Å²) in [6, 6.07) is 3.91. The van der Waals surface area contributed by atoms with E-state index >= 15 is 0 Å². The van der Waals surface area contributed by atoms with Crippen LogP contribution in [0.1, 0.15) is 11.3 Å². The van der Waals surface area contributed by atoms with Gasteiger partial charge in [0.15, 0.2) is 0 Å². The van der Waals surface area contributed by atoms with E-state index in [1.54, 1.807) is 12.4 Å². The molecule has 15 heavy (non-hydrogen) atoms. The maximum absolute atomic E-state index is 4.47. The fourth-order valence-corrected chi connectivity index (χ4v) is 1.59. The number of rotatable bonds is 2. The summed E-state index contributed by atoms with van der Waals surface area (Å²) in [5, 5.41) is 4.47. The summed E-state index contributed by atoms with van der Waals surface area (Å²) in [7, 11) is 1.94. The van der Waals surface area contributed by atoms with Gasteiger partial charge in [-0.15, -0.1) is 0 Å². The van der Waals surface area contributed by atoms with E-state index in [0.29, 0.717) is 0 Å². The maximum atomic E-state index is 4.47. The molecule has 2 aromatic rings. The van der Waals surface area contributed by atoms with E-state index in [9.17, 15) is 0 Å². The molecular formula is C12H13N3. The van der Waals surface area contributed by atoms with Crippen molar-refractivity contribution in [2.24, 2.45) is 7.05 Å². The van der Waals surface area contributed by atoms with Crippen LogP contribution < -0.4 is 0 Å². The lowest BCUT2D eigenvalue weighted by Gasteiger charge is -1.97. The van der Waals surface area contributed by atoms with Gasteiger partial charge in [-0.2, -0.15) is 5.10 Å². The Morgan fingerprint density at radius 1 is 1.33 bits per heavy atom. The minimum Gasteiger partial charge on any atom is -0.272 e. The van der Waals surface area contributed by atoms with E-state index in [1.165, 1.54) is 0 Å². The number of nitrogens with zero attached hydrogens (tertiary/aromatic N) is 3. The van der Waals surface area contributed by atoms with Crippen molar-refractivity contribution in [3.63, 3.8) is 0 Å². The molecule has 0 unspecified atom stereocenters. The molecule has 0 saturated heterocycles. The number of aryl methyl sites for hydroxylation is 1. The third kappa shape index (κ3) is 1.56. The molecule has 76 valence electrons. The molecule has 0 aliphatic carbocycles. The lowest BCUT2D eigenvalue weighted by Crippen LogP contribution is -1.92. The molecule has 0 spiro atoms. The van der Waals surface area contributed by atoms with Crippen molar-refractivity contribution in [2.75, 3.05) is 0 Å². The second kappa shape index (κ2) is 3.69. The van der Waals surface area contributed by atoms with Gasteiger partial charge in [0.2, 0.25) is 0 Å². The largest absolute Gasteiger partial charge is 0.272 e. The number of hydrogen-bond donors (Lipinski definition) is 0. The van der Waals surface area contributed by atoms with Crippen LogP contribution in [0, 0.1) is 6.92 Å². The average Bonchev–Trinajstić information content (AvgIpc) is 2.56. The van der Waals surface area contributed by atoms with E-state index in [1.807, 2.05) is 36.9 Å². The Labute approximate surface area is 89.1 Å². The monoisotopic (exact) mass is 199 g/mol. The first-order valence-corrected chi connectivity index (χ1v) is 4.80. The highest BCUT2D eigenvalue weighted by Gasteiger charge is 2.11. The zero-order valence-corrected chi connectivity index (χ0v) is 8.94. The Morgan fingerprint density at radius 3 is 2.60 bits per heavy atom. The van der Waals surface area contributed by atoms with Crippen molar-refractivity contribution in [3.8, 4) is 11.3 Å². The van der Waals surface area contributed by atoms with Crippen LogP contribution >= 0.6 is 0 Å². The van der Waals surface area contributed by atoms with Crippen molar-refractivity contribution < 1.29 is 0 Å². The van der Waals surface area contributed by atoms with Crippen LogP contribution in [-0.2, 0) is 7.05 Å². The Morgan fingerprint density at radius 2 is 2.00 bits per heavy atom. The number of hydrogen-bond acceptors (Lipinski definition) is 2. The lowest BCUT2D eigenvalue weighted by atomic mass is 10.1. The normalized spacial score (nSPS) is 10.3. The number of aromatic nitrogens is 3. The third-order valence-electron chi connectivity index (χ3n) is 2.54. The van der Waals surface area contributed by atoms with Crippen LogP contribution in [0.15, 0.2) is 31.1 Å². The topological polar surface area (TPSA) is 30.7 Å². The molecule has 0 N–H and O–H groups in total. The first-order chi connectivity index (χ1) is 7.24. The molecule has 0 aliphatic heterocycles. The van der Waals surface area contributed by atoms with E-state index < -0.39 is 0 Å². The van der Waals surface area contributed by atoms with Crippen molar-refractivity contribution in [3.05, 3.63) is 42.4 Å². The average molecular weight is 199 g/mol. The van der Waals surface area contributed by atoms with Gasteiger partial charge >= 0.3 is 0 Å². The first kappa shape index (κ1) is 9.65. The fourth-order valence-electron chi connectivity index (χ4n) is 1.59. The molecule has 0 bridgehead atoms. The molecule has 0 radical (unpaired) electrons. The zero-order valence-electron chi connectivity index (χ0n) is 8.94. The summed E-state index contributed by atoms with van der Waals surface area (Å²) >= 11 is 0. The van der Waals surface area contributed by atoms with Crippen LogP contribution in [0.3, 0.4) is 0 Å². The maximum Gasteiger partial charge on any atom is 0.0999 e. The third-order valence-corrected chi connectivity index (χ3v) is 2.54. The molecule has 3 heteroatoms. The molecular weight excluding hydrogens is 186 g/mol. The van der Waals surface area contributed by atoms with Crippen molar-refractivity contribution in [1.29, 1.82) is 0 Å². The Hall–Kier alpha value is -1.90. The van der Waals surface area contributed by atoms with Gasteiger partial charge in [-0.3, -0.25) is 9.67 Å². The van der Waals surface area contributed by atoms with Crippen molar-refractivity contribution in [1.82, 2.24) is 14.8 Å². The van der Waals surface area contributed by atoms with E-state index in [-0.39, 0.29) is 0 Å². The summed E-state index contributed by atoms with van der Waals surface area (Å²) in [6.45, 7) is 5.86. The van der Waals surface area contributed by atoms with Crippen molar-refractivity contribution in [2.45, 2.75) is 6.92 Å². The smallest absolute Gasteiger partial charge is 0.0999 e. The minimum atomic E-state index is 0.965. The van der Waals surface area contributed by atoms with E-state index in [2.05, 4.69) is 16.7 Å². The Balaban J connectivity index is 2.63. The van der Waals surface area contributed by atoms with Gasteiger partial charge in [-0.05, 0) is 19.1 Å². The highest BCUT2D eigenvalue weighted by atomic mass is 15.3. The lowest BCUT2D eigenvalue weighted by molar-refractivity contribution is 0.742. The standard InChI is InChI=1S/C12H13N3/c1-4-11-9(2)15(3)14-12(11)10-5-7-13-8-6-10/h4-8H,1H2,2-3H3. The minimum absolute atomic E-state index is 0.965. The first-order valence-electron chi connectivity index (χ1n) is 4.80. The molecule has 2 rings (SSSR count). The van der Waals surface area contributed by atoms with Crippen LogP contribution in [-0.4, -0.2) is 14.8 Å². The van der Waals surface area contributed by atoms with Crippen molar-refractivity contribution >= 4 is 6.08 Å². The van der Waals surface area contributed by atoms with Crippen LogP contribution in [0.5, 0.6) is 0 Å². The molecule has 3 nitrogen and oxygen atoms in total. The molecule has 2 aromatic heterocycles. The molecule has 0 atom stereocenters. The van der Waals surface area contributed by atoms with Crippen LogP contribution in [0.25, 0.3) is 17.3 Å². The second-order valence-corrected chi connectivity index (χ2v) is 3.41. The van der Waals surface area contributed by atoms with Gasteiger partial charge in [0, 0.05) is 36.3 Å². The SMILES string of the molecule is C=Cc1c(-c2ccncc2)nn(C)c1C. The summed E-state index contributed by atoms with van der Waals surface area (Å²) in [6.07, 6.45) is 5.39. The van der Waals surface area contributed by atoms with Gasteiger partial charge in [0.25, 0.3) is 0 Å². The fraction of sp³-hybridized carbons (Fsp3) is 0.167. The summed E-state index contributed by atoms with van der Waals surface area (Å²) in [5.74, 6) is 0. The highest BCUT2D eigenvalue weighted by molar-refractivity contribution is 5.72. The van der Waals surface area contributed by atoms with Gasteiger partial charge in [-0.1, -0.05) is 12.7 Å². The second-order valence-electron chi connectivity index (χ2n) is 3.41. The number of pyridine rings is 1. The van der Waals surface area contributed by atoms with Gasteiger partial charge in [0.05, 0.1) is 5.69 Å². The Bertz CT molecular complexity index is 483. The predicted molar refractivity (Wildman–Crippen MR) is 61.3 cm³/mol. The molecule has 2 heterocycles. The predicted octanol–water partition coefficient (Wildman–Crippen LogP) is 2.43. The summed E-state index contributed by atoms with van der Waals surface area (Å²) < 4.78 is 1.87. The van der Waals surface area contributed by atoms with Gasteiger partial charge in [0.1, 0.15) is 0 Å². The van der Waals surface area contributed by atoms with E-state index in [4.69, 9.17) is 0 Å². The highest BCUT2D eigenvalue weighted by Crippen LogP contribution is 2.24. The van der Waals surface area contributed by atoms with Crippen LogP contribution in [0.4, 0.5) is 0 Å². The molecule has 0 aliphatic rings. The molecule has 0 amide bonds.